The molecule has 0 aromatic heterocycles. The number of allylic oxidation sites excluding steroid dienone is 5. The summed E-state index contributed by atoms with van der Waals surface area (Å²) in [7, 11) is 0. The summed E-state index contributed by atoms with van der Waals surface area (Å²) in [5.74, 6) is -1.78. The lowest BCUT2D eigenvalue weighted by Crippen LogP contribution is -2.07. The first-order valence-electron chi connectivity index (χ1n) is 3.90. The lowest BCUT2D eigenvalue weighted by Gasteiger charge is -2.01. The summed E-state index contributed by atoms with van der Waals surface area (Å²) in [5.41, 5.74) is 0.130. The lowest BCUT2D eigenvalue weighted by molar-refractivity contribution is -0.132. The Morgan fingerprint density at radius 1 is 1.36 bits per heavy atom. The normalized spacial score (nSPS) is 16.9. The largest absolute Gasteiger partial charge is 0.478 e. The molecular weight excluding hydrogens is 184 g/mol. The molecule has 0 fully saturated rings. The average molecular weight is 192 g/mol. The fourth-order valence-electron chi connectivity index (χ4n) is 0.934. The molecule has 1 rings (SSSR count). The van der Waals surface area contributed by atoms with Gasteiger partial charge in [0.05, 0.1) is 0 Å². The molecule has 0 saturated heterocycles. The number of rotatable bonds is 2. The molecule has 0 saturated carbocycles. The van der Waals surface area contributed by atoms with Crippen LogP contribution in [0.5, 0.6) is 0 Å². The van der Waals surface area contributed by atoms with Gasteiger partial charge < -0.3 is 5.11 Å². The number of ketones is 2. The topological polar surface area (TPSA) is 71.4 Å². The van der Waals surface area contributed by atoms with E-state index in [0.29, 0.717) is 0 Å². The Morgan fingerprint density at radius 3 is 2.57 bits per heavy atom. The van der Waals surface area contributed by atoms with Gasteiger partial charge in [0, 0.05) is 11.1 Å². The van der Waals surface area contributed by atoms with Gasteiger partial charge in [-0.2, -0.15) is 0 Å². The highest BCUT2D eigenvalue weighted by molar-refractivity contribution is 6.19. The van der Waals surface area contributed by atoms with Crippen LogP contribution in [-0.4, -0.2) is 22.6 Å². The van der Waals surface area contributed by atoms with Gasteiger partial charge >= 0.3 is 5.97 Å². The summed E-state index contributed by atoms with van der Waals surface area (Å²) in [6, 6.07) is 0. The van der Waals surface area contributed by atoms with Crippen molar-refractivity contribution in [1.82, 2.24) is 0 Å². The first-order valence-corrected chi connectivity index (χ1v) is 3.90. The standard InChI is InChI=1S/C10H8O4/c1-6(10(13)14)4-7-5-8(11)2-3-9(7)12/h2-5H,1H3,(H,13,14). The lowest BCUT2D eigenvalue weighted by atomic mass is 10.0. The van der Waals surface area contributed by atoms with Gasteiger partial charge in [-0.15, -0.1) is 0 Å². The number of carboxylic acids is 1. The predicted molar refractivity (Wildman–Crippen MR) is 48.6 cm³/mol. The van der Waals surface area contributed by atoms with E-state index in [-0.39, 0.29) is 22.7 Å². The minimum Gasteiger partial charge on any atom is -0.478 e. The van der Waals surface area contributed by atoms with E-state index in [1.165, 1.54) is 13.0 Å². The van der Waals surface area contributed by atoms with Gasteiger partial charge in [-0.3, -0.25) is 9.59 Å². The SMILES string of the molecule is CC(=CC1=CC(=O)C=CC1=O)C(=O)O. The van der Waals surface area contributed by atoms with Crippen LogP contribution in [0, 0.1) is 0 Å². The molecule has 72 valence electrons. The molecule has 1 N–H and O–H groups in total. The van der Waals surface area contributed by atoms with E-state index >= 15 is 0 Å². The number of aliphatic carboxylic acids is 1. The van der Waals surface area contributed by atoms with Crippen LogP contribution < -0.4 is 0 Å². The third kappa shape index (κ3) is 2.26. The molecule has 14 heavy (non-hydrogen) atoms. The van der Waals surface area contributed by atoms with Crippen molar-refractivity contribution in [3.8, 4) is 0 Å². The van der Waals surface area contributed by atoms with Crippen LogP contribution in [0.25, 0.3) is 0 Å². The van der Waals surface area contributed by atoms with Crippen molar-refractivity contribution in [1.29, 1.82) is 0 Å². The molecule has 0 aliphatic heterocycles. The Balaban J connectivity index is 2.99. The molecule has 0 atom stereocenters. The molecule has 0 aromatic carbocycles. The van der Waals surface area contributed by atoms with Crippen LogP contribution in [0.3, 0.4) is 0 Å². The highest BCUT2D eigenvalue weighted by atomic mass is 16.4. The first kappa shape index (κ1) is 10.1. The summed E-state index contributed by atoms with van der Waals surface area (Å²) in [4.78, 5) is 32.5. The van der Waals surface area contributed by atoms with Crippen molar-refractivity contribution in [2.24, 2.45) is 0 Å². The molecule has 1 aliphatic rings. The molecule has 0 heterocycles. The third-order valence-electron chi connectivity index (χ3n) is 1.69. The highest BCUT2D eigenvalue weighted by Gasteiger charge is 2.12. The fraction of sp³-hybridized carbons (Fsp3) is 0.100. The number of carbonyl (C=O) groups excluding carboxylic acids is 2. The van der Waals surface area contributed by atoms with Gasteiger partial charge in [0.25, 0.3) is 0 Å². The van der Waals surface area contributed by atoms with Gasteiger partial charge in [-0.25, -0.2) is 4.79 Å². The van der Waals surface area contributed by atoms with E-state index < -0.39 is 5.97 Å². The van der Waals surface area contributed by atoms with Crippen molar-refractivity contribution >= 4 is 17.5 Å². The average Bonchev–Trinajstić information content (AvgIpc) is 2.11. The summed E-state index contributed by atoms with van der Waals surface area (Å²) < 4.78 is 0. The second-order valence-corrected chi connectivity index (χ2v) is 2.83. The van der Waals surface area contributed by atoms with Crippen molar-refractivity contribution in [3.05, 3.63) is 35.5 Å². The van der Waals surface area contributed by atoms with Gasteiger partial charge in [0.2, 0.25) is 0 Å². The van der Waals surface area contributed by atoms with Crippen molar-refractivity contribution in [2.45, 2.75) is 6.92 Å². The van der Waals surface area contributed by atoms with Crippen LogP contribution in [0.15, 0.2) is 35.5 Å². The highest BCUT2D eigenvalue weighted by Crippen LogP contribution is 2.09. The molecule has 0 amide bonds. The molecule has 4 nitrogen and oxygen atoms in total. The summed E-state index contributed by atoms with van der Waals surface area (Å²) in [5, 5.41) is 8.56. The second kappa shape index (κ2) is 3.83. The van der Waals surface area contributed by atoms with Crippen LogP contribution in [0.4, 0.5) is 0 Å². The molecule has 0 unspecified atom stereocenters. The van der Waals surface area contributed by atoms with Crippen molar-refractivity contribution in [3.63, 3.8) is 0 Å². The number of hydrogen-bond acceptors (Lipinski definition) is 3. The van der Waals surface area contributed by atoms with E-state index in [0.717, 1.165) is 18.2 Å². The third-order valence-corrected chi connectivity index (χ3v) is 1.69. The predicted octanol–water partition coefficient (Wildman–Crippen LogP) is 0.652. The molecule has 4 heteroatoms. The smallest absolute Gasteiger partial charge is 0.331 e. The van der Waals surface area contributed by atoms with E-state index in [1.807, 2.05) is 0 Å². The zero-order valence-corrected chi connectivity index (χ0v) is 7.48. The minimum absolute atomic E-state index is 0.0210. The van der Waals surface area contributed by atoms with Gasteiger partial charge in [0.1, 0.15) is 0 Å². The van der Waals surface area contributed by atoms with E-state index in [4.69, 9.17) is 5.11 Å². The van der Waals surface area contributed by atoms with Crippen molar-refractivity contribution in [2.75, 3.05) is 0 Å². The number of hydrogen-bond donors (Lipinski definition) is 1. The van der Waals surface area contributed by atoms with Gasteiger partial charge in [-0.05, 0) is 31.2 Å². The van der Waals surface area contributed by atoms with Crippen LogP contribution in [0.2, 0.25) is 0 Å². The Kier molecular flexibility index (Phi) is 2.76. The maximum Gasteiger partial charge on any atom is 0.331 e. The number of carbonyl (C=O) groups is 3. The molecule has 0 spiro atoms. The zero-order valence-electron chi connectivity index (χ0n) is 7.48. The minimum atomic E-state index is -1.11. The Hall–Kier alpha value is -1.97. The summed E-state index contributed by atoms with van der Waals surface area (Å²) >= 11 is 0. The van der Waals surface area contributed by atoms with Crippen LogP contribution >= 0.6 is 0 Å². The second-order valence-electron chi connectivity index (χ2n) is 2.83. The molecule has 0 bridgehead atoms. The van der Waals surface area contributed by atoms with Crippen molar-refractivity contribution < 1.29 is 19.5 Å². The first-order chi connectivity index (χ1) is 6.50. The van der Waals surface area contributed by atoms with Gasteiger partial charge in [-0.1, -0.05) is 0 Å². The monoisotopic (exact) mass is 192 g/mol. The van der Waals surface area contributed by atoms with E-state index in [2.05, 4.69) is 0 Å². The molecule has 0 aromatic rings. The molecular formula is C10H8O4. The maximum absolute atomic E-state index is 11.2. The Morgan fingerprint density at radius 2 is 2.00 bits per heavy atom. The van der Waals surface area contributed by atoms with E-state index in [1.54, 1.807) is 0 Å². The maximum atomic E-state index is 11.2. The number of carboxylic acid groups (broad SMARTS) is 1. The summed E-state index contributed by atoms with van der Waals surface area (Å²) in [6.07, 6.45) is 4.58. The fourth-order valence-corrected chi connectivity index (χ4v) is 0.934. The van der Waals surface area contributed by atoms with Crippen LogP contribution in [0.1, 0.15) is 6.92 Å². The van der Waals surface area contributed by atoms with Crippen LogP contribution in [-0.2, 0) is 14.4 Å². The Labute approximate surface area is 80.2 Å². The Bertz CT molecular complexity index is 396. The molecule has 1 aliphatic carbocycles. The zero-order chi connectivity index (χ0) is 10.7. The van der Waals surface area contributed by atoms with Gasteiger partial charge in [0.15, 0.2) is 11.6 Å². The summed E-state index contributed by atoms with van der Waals surface area (Å²) in [6.45, 7) is 1.36. The van der Waals surface area contributed by atoms with E-state index in [9.17, 15) is 14.4 Å². The quantitative estimate of drug-likeness (QED) is 0.515. The molecule has 0 radical (unpaired) electrons.